The highest BCUT2D eigenvalue weighted by Gasteiger charge is 2.19. The summed E-state index contributed by atoms with van der Waals surface area (Å²) in [5.74, 6) is -0.291. The van der Waals surface area contributed by atoms with Crippen molar-refractivity contribution in [1.29, 1.82) is 0 Å². The van der Waals surface area contributed by atoms with Gasteiger partial charge in [0.1, 0.15) is 5.75 Å². The summed E-state index contributed by atoms with van der Waals surface area (Å²) in [6.07, 6.45) is 0. The van der Waals surface area contributed by atoms with Crippen molar-refractivity contribution < 1.29 is 14.6 Å². The van der Waals surface area contributed by atoms with E-state index in [1.807, 2.05) is 31.3 Å². The molecule has 0 amide bonds. The molecular weight excluding hydrogens is 322 g/mol. The van der Waals surface area contributed by atoms with E-state index in [4.69, 9.17) is 4.74 Å². The number of carbonyl (C=O) groups is 1. The lowest BCUT2D eigenvalue weighted by molar-refractivity contribution is 0.0696. The lowest BCUT2D eigenvalue weighted by Gasteiger charge is -2.23. The summed E-state index contributed by atoms with van der Waals surface area (Å²) in [6.45, 7) is 0. The van der Waals surface area contributed by atoms with Crippen molar-refractivity contribution >= 4 is 33.3 Å². The topological polar surface area (TPSA) is 49.8 Å². The monoisotopic (exact) mass is 335 g/mol. The van der Waals surface area contributed by atoms with Crippen molar-refractivity contribution in [2.45, 2.75) is 0 Å². The first-order valence-electron chi connectivity index (χ1n) is 5.94. The molecule has 0 fully saturated rings. The van der Waals surface area contributed by atoms with E-state index in [1.54, 1.807) is 30.2 Å². The number of benzene rings is 2. The van der Waals surface area contributed by atoms with Crippen LogP contribution in [0.4, 0.5) is 11.4 Å². The van der Waals surface area contributed by atoms with Gasteiger partial charge < -0.3 is 14.7 Å². The molecule has 1 N–H and O–H groups in total. The van der Waals surface area contributed by atoms with Gasteiger partial charge in [0.25, 0.3) is 0 Å². The second-order valence-electron chi connectivity index (χ2n) is 4.17. The molecule has 2 rings (SSSR count). The number of aromatic carboxylic acids is 1. The Bertz CT molecular complexity index is 643. The van der Waals surface area contributed by atoms with Crippen LogP contribution in [0, 0.1) is 0 Å². The molecule has 4 nitrogen and oxygen atoms in total. The first-order chi connectivity index (χ1) is 9.56. The zero-order chi connectivity index (χ0) is 14.7. The number of hydrogen-bond donors (Lipinski definition) is 1. The molecule has 2 aromatic rings. The summed E-state index contributed by atoms with van der Waals surface area (Å²) in [6, 6.07) is 12.7. The van der Waals surface area contributed by atoms with E-state index in [0.29, 0.717) is 15.9 Å². The smallest absolute Gasteiger partial charge is 0.338 e. The molecule has 0 saturated heterocycles. The van der Waals surface area contributed by atoms with Crippen LogP contribution >= 0.6 is 15.9 Å². The highest BCUT2D eigenvalue weighted by Crippen LogP contribution is 2.36. The number of ether oxygens (including phenoxy) is 1. The molecule has 5 heteroatoms. The third-order valence-electron chi connectivity index (χ3n) is 3.01. The number of para-hydroxylation sites is 2. The SMILES string of the molecule is COc1ccccc1N(C)c1cccc(Br)c1C(=O)O. The van der Waals surface area contributed by atoms with Gasteiger partial charge in [-0.2, -0.15) is 0 Å². The van der Waals surface area contributed by atoms with Crippen LogP contribution in [0.3, 0.4) is 0 Å². The molecule has 0 unspecified atom stereocenters. The lowest BCUT2D eigenvalue weighted by atomic mass is 10.1. The minimum atomic E-state index is -0.978. The predicted molar refractivity (Wildman–Crippen MR) is 82.2 cm³/mol. The van der Waals surface area contributed by atoms with Gasteiger partial charge >= 0.3 is 5.97 Å². The summed E-state index contributed by atoms with van der Waals surface area (Å²) in [7, 11) is 3.40. The van der Waals surface area contributed by atoms with Gasteiger partial charge in [-0.15, -0.1) is 0 Å². The number of rotatable bonds is 4. The molecule has 20 heavy (non-hydrogen) atoms. The first-order valence-corrected chi connectivity index (χ1v) is 6.74. The maximum atomic E-state index is 11.4. The molecule has 104 valence electrons. The molecule has 0 radical (unpaired) electrons. The quantitative estimate of drug-likeness (QED) is 0.919. The minimum Gasteiger partial charge on any atom is -0.495 e. The molecule has 0 aromatic heterocycles. The fraction of sp³-hybridized carbons (Fsp3) is 0.133. The highest BCUT2D eigenvalue weighted by molar-refractivity contribution is 9.10. The summed E-state index contributed by atoms with van der Waals surface area (Å²) in [5.41, 5.74) is 1.62. The average Bonchev–Trinajstić information content (AvgIpc) is 2.45. The van der Waals surface area contributed by atoms with E-state index in [2.05, 4.69) is 15.9 Å². The van der Waals surface area contributed by atoms with Crippen LogP contribution in [0.2, 0.25) is 0 Å². The van der Waals surface area contributed by atoms with Crippen LogP contribution in [-0.2, 0) is 0 Å². The van der Waals surface area contributed by atoms with Crippen molar-refractivity contribution in [2.24, 2.45) is 0 Å². The van der Waals surface area contributed by atoms with E-state index >= 15 is 0 Å². The van der Waals surface area contributed by atoms with Crippen LogP contribution in [-0.4, -0.2) is 25.2 Å². The Morgan fingerprint density at radius 2 is 1.80 bits per heavy atom. The largest absolute Gasteiger partial charge is 0.495 e. The van der Waals surface area contributed by atoms with Gasteiger partial charge in [-0.25, -0.2) is 4.79 Å². The first kappa shape index (κ1) is 14.4. The predicted octanol–water partition coefficient (Wildman–Crippen LogP) is 3.92. The number of hydrogen-bond acceptors (Lipinski definition) is 3. The summed E-state index contributed by atoms with van der Waals surface area (Å²) < 4.78 is 5.86. The maximum Gasteiger partial charge on any atom is 0.338 e. The van der Waals surface area contributed by atoms with Gasteiger partial charge in [-0.05, 0) is 40.2 Å². The number of carboxylic acid groups (broad SMARTS) is 1. The van der Waals surface area contributed by atoms with E-state index in [9.17, 15) is 9.90 Å². The molecule has 0 spiro atoms. The summed E-state index contributed by atoms with van der Waals surface area (Å²) in [4.78, 5) is 13.2. The van der Waals surface area contributed by atoms with Crippen LogP contribution in [0.5, 0.6) is 5.75 Å². The van der Waals surface area contributed by atoms with Crippen molar-refractivity contribution in [3.63, 3.8) is 0 Å². The molecule has 0 aliphatic rings. The Kier molecular flexibility index (Phi) is 4.29. The van der Waals surface area contributed by atoms with Crippen LogP contribution in [0.25, 0.3) is 0 Å². The van der Waals surface area contributed by atoms with Gasteiger partial charge in [0, 0.05) is 11.5 Å². The molecule has 0 aliphatic carbocycles. The number of halogens is 1. The third-order valence-corrected chi connectivity index (χ3v) is 3.67. The number of nitrogens with zero attached hydrogens (tertiary/aromatic N) is 1. The van der Waals surface area contributed by atoms with Gasteiger partial charge in [0.15, 0.2) is 0 Å². The highest BCUT2D eigenvalue weighted by atomic mass is 79.9. The van der Waals surface area contributed by atoms with E-state index in [0.717, 1.165) is 5.69 Å². The zero-order valence-corrected chi connectivity index (χ0v) is 12.7. The van der Waals surface area contributed by atoms with Gasteiger partial charge in [-0.1, -0.05) is 18.2 Å². The van der Waals surface area contributed by atoms with Crippen LogP contribution in [0.15, 0.2) is 46.9 Å². The molecule has 0 aliphatic heterocycles. The Hall–Kier alpha value is -2.01. The fourth-order valence-electron chi connectivity index (χ4n) is 2.04. The Morgan fingerprint density at radius 1 is 1.15 bits per heavy atom. The Balaban J connectivity index is 2.57. The van der Waals surface area contributed by atoms with Crippen molar-refractivity contribution in [3.05, 3.63) is 52.5 Å². The van der Waals surface area contributed by atoms with Crippen molar-refractivity contribution in [1.82, 2.24) is 0 Å². The molecule has 0 atom stereocenters. The normalized spacial score (nSPS) is 10.2. The van der Waals surface area contributed by atoms with Gasteiger partial charge in [-0.3, -0.25) is 0 Å². The molecule has 0 heterocycles. The Morgan fingerprint density at radius 3 is 2.45 bits per heavy atom. The standard InChI is InChI=1S/C15H14BrNO3/c1-17(11-7-3-4-9-13(11)20-2)12-8-5-6-10(16)14(12)15(18)19/h3-9H,1-2H3,(H,18,19). The van der Waals surface area contributed by atoms with Crippen molar-refractivity contribution in [3.8, 4) is 5.75 Å². The number of anilines is 2. The second kappa shape index (κ2) is 5.96. The Labute approximate surface area is 125 Å². The second-order valence-corrected chi connectivity index (χ2v) is 5.02. The maximum absolute atomic E-state index is 11.4. The number of methoxy groups -OCH3 is 1. The van der Waals surface area contributed by atoms with Gasteiger partial charge in [0.2, 0.25) is 0 Å². The van der Waals surface area contributed by atoms with Crippen LogP contribution in [0.1, 0.15) is 10.4 Å². The van der Waals surface area contributed by atoms with Gasteiger partial charge in [0.05, 0.1) is 24.0 Å². The molecule has 2 aromatic carbocycles. The van der Waals surface area contributed by atoms with Crippen LogP contribution < -0.4 is 9.64 Å². The third kappa shape index (κ3) is 2.63. The summed E-state index contributed by atoms with van der Waals surface area (Å²) in [5, 5.41) is 9.38. The minimum absolute atomic E-state index is 0.223. The number of carboxylic acids is 1. The van der Waals surface area contributed by atoms with Crippen molar-refractivity contribution in [2.75, 3.05) is 19.1 Å². The zero-order valence-electron chi connectivity index (χ0n) is 11.1. The summed E-state index contributed by atoms with van der Waals surface area (Å²) >= 11 is 3.29. The fourth-order valence-corrected chi connectivity index (χ4v) is 2.57. The van der Waals surface area contributed by atoms with E-state index < -0.39 is 5.97 Å². The lowest BCUT2D eigenvalue weighted by Crippen LogP contribution is -2.15. The van der Waals surface area contributed by atoms with E-state index in [-0.39, 0.29) is 5.56 Å². The average molecular weight is 336 g/mol. The molecule has 0 saturated carbocycles. The molecule has 0 bridgehead atoms. The molecular formula is C15H14BrNO3. The van der Waals surface area contributed by atoms with E-state index in [1.165, 1.54) is 0 Å².